The largest absolute Gasteiger partial charge is 0.440 e. The molecule has 24 heavy (non-hydrogen) atoms. The van der Waals surface area contributed by atoms with Gasteiger partial charge in [-0.25, -0.2) is 9.67 Å². The Morgan fingerprint density at radius 3 is 3.08 bits per heavy atom. The van der Waals surface area contributed by atoms with Crippen LogP contribution in [0.4, 0.5) is 0 Å². The van der Waals surface area contributed by atoms with Crippen molar-refractivity contribution in [2.75, 3.05) is 13.1 Å². The highest BCUT2D eigenvalue weighted by Gasteiger charge is 2.26. The second-order valence-corrected chi connectivity index (χ2v) is 6.41. The second-order valence-electron chi connectivity index (χ2n) is 6.41. The lowest BCUT2D eigenvalue weighted by Gasteiger charge is -2.30. The van der Waals surface area contributed by atoms with Gasteiger partial charge in [0.15, 0.2) is 17.3 Å². The van der Waals surface area contributed by atoms with Gasteiger partial charge in [0.25, 0.3) is 0 Å². The first-order chi connectivity index (χ1) is 11.8. The molecular formula is C17H22N6O. The molecule has 0 bridgehead atoms. The highest BCUT2D eigenvalue weighted by molar-refractivity contribution is 5.72. The Kier molecular flexibility index (Phi) is 4.25. The molecule has 0 saturated carbocycles. The van der Waals surface area contributed by atoms with Crippen LogP contribution < -0.4 is 0 Å². The van der Waals surface area contributed by atoms with E-state index in [0.717, 1.165) is 68.3 Å². The molecule has 1 aliphatic rings. The van der Waals surface area contributed by atoms with Gasteiger partial charge in [-0.05, 0) is 48.4 Å². The van der Waals surface area contributed by atoms with E-state index in [1.807, 2.05) is 28.9 Å². The number of oxazole rings is 1. The third-order valence-corrected chi connectivity index (χ3v) is 4.57. The molecule has 0 amide bonds. The molecule has 126 valence electrons. The molecule has 1 aliphatic heterocycles. The molecule has 1 atom stereocenters. The number of hydrogen-bond donors (Lipinski definition) is 0. The Labute approximate surface area is 140 Å². The number of likely N-dealkylation sites (tertiary alicyclic amines) is 1. The van der Waals surface area contributed by atoms with Crippen LogP contribution in [-0.4, -0.2) is 43.2 Å². The number of para-hydroxylation sites is 2. The number of tetrazole rings is 1. The van der Waals surface area contributed by atoms with Crippen LogP contribution in [-0.2, 0) is 13.1 Å². The lowest BCUT2D eigenvalue weighted by molar-refractivity contribution is 0.180. The highest BCUT2D eigenvalue weighted by atomic mass is 16.3. The van der Waals surface area contributed by atoms with Gasteiger partial charge in [0, 0.05) is 19.0 Å². The maximum Gasteiger partial charge on any atom is 0.199 e. The smallest absolute Gasteiger partial charge is 0.199 e. The number of aryl methyl sites for hydroxylation is 1. The molecular weight excluding hydrogens is 304 g/mol. The van der Waals surface area contributed by atoms with Gasteiger partial charge in [-0.2, -0.15) is 0 Å². The standard InChI is InChI=1S/C17H22N6O/c1-2-9-23-16(19-20-21-23)12-22-10-5-6-13(11-22)17-18-14-7-3-4-8-15(14)24-17/h3-4,7-8,13H,2,5-6,9-12H2,1H3/t13-/m0/s1. The molecule has 0 radical (unpaired) electrons. The Balaban J connectivity index is 1.48. The summed E-state index contributed by atoms with van der Waals surface area (Å²) in [5, 5.41) is 12.1. The second kappa shape index (κ2) is 6.68. The fourth-order valence-corrected chi connectivity index (χ4v) is 3.39. The third kappa shape index (κ3) is 3.03. The molecule has 3 aromatic rings. The number of benzene rings is 1. The summed E-state index contributed by atoms with van der Waals surface area (Å²) in [7, 11) is 0. The van der Waals surface area contributed by atoms with E-state index in [-0.39, 0.29) is 0 Å². The van der Waals surface area contributed by atoms with Crippen molar-refractivity contribution in [3.8, 4) is 0 Å². The van der Waals surface area contributed by atoms with Gasteiger partial charge in [0.1, 0.15) is 5.52 Å². The van der Waals surface area contributed by atoms with Gasteiger partial charge in [-0.1, -0.05) is 19.1 Å². The molecule has 0 unspecified atom stereocenters. The van der Waals surface area contributed by atoms with E-state index in [1.54, 1.807) is 0 Å². The minimum absolute atomic E-state index is 0.335. The minimum atomic E-state index is 0.335. The summed E-state index contributed by atoms with van der Waals surface area (Å²) < 4.78 is 7.88. The number of nitrogens with zero attached hydrogens (tertiary/aromatic N) is 6. The lowest BCUT2D eigenvalue weighted by atomic mass is 9.98. The summed E-state index contributed by atoms with van der Waals surface area (Å²) in [4.78, 5) is 7.08. The van der Waals surface area contributed by atoms with Crippen molar-refractivity contribution in [2.24, 2.45) is 0 Å². The minimum Gasteiger partial charge on any atom is -0.440 e. The summed E-state index contributed by atoms with van der Waals surface area (Å²) in [5.74, 6) is 2.13. The SMILES string of the molecule is CCCn1nnnc1CN1CCC[C@H](c2nc3ccccc3o2)C1. The summed E-state index contributed by atoms with van der Waals surface area (Å²) in [6.45, 7) is 5.78. The molecule has 0 aliphatic carbocycles. The average molecular weight is 326 g/mol. The van der Waals surface area contributed by atoms with Crippen molar-refractivity contribution in [3.05, 3.63) is 36.0 Å². The van der Waals surface area contributed by atoms with Crippen LogP contribution in [0.15, 0.2) is 28.7 Å². The molecule has 7 heteroatoms. The van der Waals surface area contributed by atoms with Gasteiger partial charge < -0.3 is 4.42 Å². The summed E-state index contributed by atoms with van der Waals surface area (Å²) >= 11 is 0. The lowest BCUT2D eigenvalue weighted by Crippen LogP contribution is -2.35. The van der Waals surface area contributed by atoms with Crippen LogP contribution >= 0.6 is 0 Å². The monoisotopic (exact) mass is 326 g/mol. The topological polar surface area (TPSA) is 72.9 Å². The van der Waals surface area contributed by atoms with Gasteiger partial charge >= 0.3 is 0 Å². The summed E-state index contributed by atoms with van der Waals surface area (Å²) in [6, 6.07) is 7.96. The van der Waals surface area contributed by atoms with Gasteiger partial charge in [-0.3, -0.25) is 4.90 Å². The molecule has 7 nitrogen and oxygen atoms in total. The van der Waals surface area contributed by atoms with Crippen molar-refractivity contribution >= 4 is 11.1 Å². The number of fused-ring (bicyclic) bond motifs is 1. The maximum absolute atomic E-state index is 5.97. The van der Waals surface area contributed by atoms with Crippen LogP contribution in [0.2, 0.25) is 0 Å². The zero-order chi connectivity index (χ0) is 16.4. The molecule has 1 saturated heterocycles. The molecule has 2 aromatic heterocycles. The summed E-state index contributed by atoms with van der Waals surface area (Å²) in [5.41, 5.74) is 1.81. The van der Waals surface area contributed by atoms with Crippen molar-refractivity contribution in [1.82, 2.24) is 30.1 Å². The fourth-order valence-electron chi connectivity index (χ4n) is 3.39. The molecule has 1 fully saturated rings. The Morgan fingerprint density at radius 1 is 1.29 bits per heavy atom. The van der Waals surface area contributed by atoms with Crippen LogP contribution in [0.1, 0.15) is 43.8 Å². The molecule has 1 aromatic carbocycles. The van der Waals surface area contributed by atoms with Gasteiger partial charge in [-0.15, -0.1) is 5.10 Å². The molecule has 0 N–H and O–H groups in total. The quantitative estimate of drug-likeness (QED) is 0.717. The molecule has 4 rings (SSSR count). The Hall–Kier alpha value is -2.28. The van der Waals surface area contributed by atoms with Crippen molar-refractivity contribution in [3.63, 3.8) is 0 Å². The maximum atomic E-state index is 5.97. The number of rotatable bonds is 5. The van der Waals surface area contributed by atoms with E-state index in [0.29, 0.717) is 5.92 Å². The van der Waals surface area contributed by atoms with E-state index in [1.165, 1.54) is 0 Å². The van der Waals surface area contributed by atoms with Crippen LogP contribution in [0.5, 0.6) is 0 Å². The first-order valence-corrected chi connectivity index (χ1v) is 8.66. The highest BCUT2D eigenvalue weighted by Crippen LogP contribution is 2.29. The normalized spacial score (nSPS) is 19.1. The van der Waals surface area contributed by atoms with E-state index < -0.39 is 0 Å². The molecule has 0 spiro atoms. The summed E-state index contributed by atoms with van der Waals surface area (Å²) in [6.07, 6.45) is 3.28. The van der Waals surface area contributed by atoms with E-state index in [4.69, 9.17) is 4.42 Å². The predicted octanol–water partition coefficient (Wildman–Crippen LogP) is 2.60. The van der Waals surface area contributed by atoms with Gasteiger partial charge in [0.05, 0.1) is 6.54 Å². The average Bonchev–Trinajstić information content (AvgIpc) is 3.22. The zero-order valence-electron chi connectivity index (χ0n) is 13.9. The number of piperidine rings is 1. The first-order valence-electron chi connectivity index (χ1n) is 8.66. The van der Waals surface area contributed by atoms with Gasteiger partial charge in [0.2, 0.25) is 0 Å². The Morgan fingerprint density at radius 2 is 2.21 bits per heavy atom. The van der Waals surface area contributed by atoms with E-state index in [9.17, 15) is 0 Å². The zero-order valence-corrected chi connectivity index (χ0v) is 13.9. The Bertz CT molecular complexity index is 777. The van der Waals surface area contributed by atoms with Crippen LogP contribution in [0, 0.1) is 0 Å². The van der Waals surface area contributed by atoms with Crippen molar-refractivity contribution in [1.29, 1.82) is 0 Å². The van der Waals surface area contributed by atoms with E-state index in [2.05, 4.69) is 32.3 Å². The van der Waals surface area contributed by atoms with Crippen molar-refractivity contribution < 1.29 is 4.42 Å². The molecule has 3 heterocycles. The number of aromatic nitrogens is 5. The van der Waals surface area contributed by atoms with Crippen molar-refractivity contribution in [2.45, 2.75) is 45.2 Å². The fraction of sp³-hybridized carbons (Fsp3) is 0.529. The third-order valence-electron chi connectivity index (χ3n) is 4.57. The van der Waals surface area contributed by atoms with Crippen LogP contribution in [0.25, 0.3) is 11.1 Å². The van der Waals surface area contributed by atoms with Crippen LogP contribution in [0.3, 0.4) is 0 Å². The number of hydrogen-bond acceptors (Lipinski definition) is 6. The predicted molar refractivity (Wildman–Crippen MR) is 89.4 cm³/mol. The first kappa shape index (κ1) is 15.3. The van der Waals surface area contributed by atoms with E-state index >= 15 is 0 Å².